The lowest BCUT2D eigenvalue weighted by molar-refractivity contribution is -0.140. The maximum absolute atomic E-state index is 14.1. The van der Waals surface area contributed by atoms with Crippen LogP contribution in [-0.2, 0) is 10.2 Å². The number of hydrogen-bond acceptors (Lipinski definition) is 4. The van der Waals surface area contributed by atoms with Crippen molar-refractivity contribution in [3.8, 4) is 17.2 Å². The van der Waals surface area contributed by atoms with Gasteiger partial charge in [-0.25, -0.2) is 4.39 Å². The summed E-state index contributed by atoms with van der Waals surface area (Å²) in [6, 6.07) is 1.20. The first kappa shape index (κ1) is 13.0. The third-order valence-electron chi connectivity index (χ3n) is 3.79. The summed E-state index contributed by atoms with van der Waals surface area (Å²) in [5.74, 6) is -1.12. The van der Waals surface area contributed by atoms with E-state index in [1.807, 2.05) is 0 Å². The van der Waals surface area contributed by atoms with Crippen LogP contribution in [0.2, 0.25) is 0 Å². The molecule has 1 fully saturated rings. The molecule has 0 unspecified atom stereocenters. The van der Waals surface area contributed by atoms with E-state index in [4.69, 9.17) is 14.2 Å². The van der Waals surface area contributed by atoms with E-state index >= 15 is 0 Å². The number of rotatable bonds is 3. The highest BCUT2D eigenvalue weighted by Gasteiger charge is 2.56. The molecule has 1 saturated carbocycles. The number of ether oxygens (including phenoxy) is 3. The van der Waals surface area contributed by atoms with Gasteiger partial charge < -0.3 is 19.3 Å². The van der Waals surface area contributed by atoms with E-state index in [0.717, 1.165) is 0 Å². The largest absolute Gasteiger partial charge is 0.493 e. The molecule has 20 heavy (non-hydrogen) atoms. The van der Waals surface area contributed by atoms with Crippen LogP contribution in [0.25, 0.3) is 0 Å². The van der Waals surface area contributed by atoms with Gasteiger partial charge in [0.1, 0.15) is 5.41 Å². The van der Waals surface area contributed by atoms with Crippen LogP contribution in [0, 0.1) is 5.82 Å². The van der Waals surface area contributed by atoms with E-state index in [-0.39, 0.29) is 17.1 Å². The van der Waals surface area contributed by atoms with Gasteiger partial charge >= 0.3 is 5.97 Å². The molecule has 0 amide bonds. The normalized spacial score (nSPS) is 19.1. The van der Waals surface area contributed by atoms with Crippen LogP contribution in [0.4, 0.5) is 4.39 Å². The number of halogens is 1. The Hall–Kier alpha value is -1.98. The molecule has 1 heterocycles. The van der Waals surface area contributed by atoms with Crippen molar-refractivity contribution >= 4 is 5.97 Å². The quantitative estimate of drug-likeness (QED) is 0.919. The molecule has 0 saturated heterocycles. The van der Waals surface area contributed by atoms with Crippen molar-refractivity contribution in [2.45, 2.75) is 24.7 Å². The summed E-state index contributed by atoms with van der Waals surface area (Å²) in [5, 5.41) is 9.47. The molecule has 0 spiro atoms. The second kappa shape index (κ2) is 4.54. The minimum absolute atomic E-state index is 0.0610. The first-order chi connectivity index (χ1) is 9.60. The summed E-state index contributed by atoms with van der Waals surface area (Å²) >= 11 is 0. The second-order valence-corrected chi connectivity index (χ2v) is 5.03. The number of carboxylic acid groups (broad SMARTS) is 1. The van der Waals surface area contributed by atoms with Crippen molar-refractivity contribution in [1.29, 1.82) is 0 Å². The zero-order valence-corrected chi connectivity index (χ0v) is 11.1. The zero-order valence-electron chi connectivity index (χ0n) is 11.1. The average molecular weight is 282 g/mol. The minimum Gasteiger partial charge on any atom is -0.493 e. The van der Waals surface area contributed by atoms with Crippen LogP contribution in [0.5, 0.6) is 17.2 Å². The van der Waals surface area contributed by atoms with Crippen LogP contribution < -0.4 is 14.2 Å². The lowest BCUT2D eigenvalue weighted by Crippen LogP contribution is -2.22. The van der Waals surface area contributed by atoms with E-state index < -0.39 is 17.2 Å². The van der Waals surface area contributed by atoms with Crippen LogP contribution in [0.15, 0.2) is 6.07 Å². The molecule has 0 radical (unpaired) electrons. The third-order valence-corrected chi connectivity index (χ3v) is 3.79. The predicted octanol–water partition coefficient (Wildman–Crippen LogP) is 2.11. The molecule has 0 atom stereocenters. The SMILES string of the molecule is COc1c(F)cc2c(c1C1(C(=O)O)CC1)OCCCO2. The first-order valence-corrected chi connectivity index (χ1v) is 6.50. The number of carboxylic acids is 1. The first-order valence-electron chi connectivity index (χ1n) is 6.50. The molecular weight excluding hydrogens is 267 g/mol. The van der Waals surface area contributed by atoms with Gasteiger partial charge in [0.05, 0.1) is 25.9 Å². The molecule has 0 bridgehead atoms. The third kappa shape index (κ3) is 1.78. The number of hydrogen-bond donors (Lipinski definition) is 1. The van der Waals surface area contributed by atoms with Crippen molar-refractivity contribution in [1.82, 2.24) is 0 Å². The lowest BCUT2D eigenvalue weighted by atomic mass is 9.93. The van der Waals surface area contributed by atoms with Gasteiger partial charge in [0.15, 0.2) is 23.1 Å². The molecule has 5 nitrogen and oxygen atoms in total. The highest BCUT2D eigenvalue weighted by Crippen LogP contribution is 2.57. The van der Waals surface area contributed by atoms with Gasteiger partial charge in [0, 0.05) is 12.5 Å². The maximum Gasteiger partial charge on any atom is 0.314 e. The fourth-order valence-electron chi connectivity index (χ4n) is 2.59. The second-order valence-electron chi connectivity index (χ2n) is 5.03. The monoisotopic (exact) mass is 282 g/mol. The van der Waals surface area contributed by atoms with Crippen molar-refractivity contribution in [2.75, 3.05) is 20.3 Å². The van der Waals surface area contributed by atoms with Gasteiger partial charge in [0.25, 0.3) is 0 Å². The summed E-state index contributed by atoms with van der Waals surface area (Å²) in [6.45, 7) is 0.822. The minimum atomic E-state index is -1.12. The van der Waals surface area contributed by atoms with Crippen molar-refractivity contribution in [2.24, 2.45) is 0 Å². The van der Waals surface area contributed by atoms with Crippen molar-refractivity contribution in [3.63, 3.8) is 0 Å². The molecule has 0 aromatic heterocycles. The van der Waals surface area contributed by atoms with E-state index in [0.29, 0.717) is 38.2 Å². The van der Waals surface area contributed by atoms with Crippen LogP contribution in [0.3, 0.4) is 0 Å². The molecule has 2 aliphatic rings. The maximum atomic E-state index is 14.1. The van der Waals surface area contributed by atoms with Gasteiger partial charge in [-0.15, -0.1) is 0 Å². The average Bonchev–Trinajstić information content (AvgIpc) is 3.21. The van der Waals surface area contributed by atoms with Crippen LogP contribution in [0.1, 0.15) is 24.8 Å². The Bertz CT molecular complexity index is 565. The summed E-state index contributed by atoms with van der Waals surface area (Å²) in [6.07, 6.45) is 1.55. The lowest BCUT2D eigenvalue weighted by Gasteiger charge is -2.21. The Kier molecular flexibility index (Phi) is 2.96. The molecule has 6 heteroatoms. The van der Waals surface area contributed by atoms with E-state index in [1.165, 1.54) is 13.2 Å². The van der Waals surface area contributed by atoms with Crippen molar-refractivity contribution in [3.05, 3.63) is 17.4 Å². The molecule has 1 aliphatic heterocycles. The standard InChI is InChI=1S/C14H15FO5/c1-18-11-8(15)7-9-12(20-6-2-5-19-9)10(11)14(3-4-14)13(16)17/h7H,2-6H2,1H3,(H,16,17). The predicted molar refractivity (Wildman–Crippen MR) is 67.1 cm³/mol. The van der Waals surface area contributed by atoms with Crippen LogP contribution in [-0.4, -0.2) is 31.4 Å². The Morgan fingerprint density at radius 1 is 1.40 bits per heavy atom. The molecule has 108 valence electrons. The number of carbonyl (C=O) groups is 1. The smallest absolute Gasteiger partial charge is 0.314 e. The Morgan fingerprint density at radius 2 is 2.10 bits per heavy atom. The van der Waals surface area contributed by atoms with E-state index in [1.54, 1.807) is 0 Å². The van der Waals surface area contributed by atoms with Gasteiger partial charge in [-0.05, 0) is 12.8 Å². The van der Waals surface area contributed by atoms with Gasteiger partial charge in [-0.2, -0.15) is 0 Å². The Labute approximate surface area is 115 Å². The molecule has 1 aromatic carbocycles. The molecule has 1 aliphatic carbocycles. The Morgan fingerprint density at radius 3 is 2.70 bits per heavy atom. The highest BCUT2D eigenvalue weighted by atomic mass is 19.1. The fourth-order valence-corrected chi connectivity index (χ4v) is 2.59. The molecular formula is C14H15FO5. The van der Waals surface area contributed by atoms with Gasteiger partial charge in [0.2, 0.25) is 0 Å². The van der Waals surface area contributed by atoms with E-state index in [2.05, 4.69) is 0 Å². The number of methoxy groups -OCH3 is 1. The summed E-state index contributed by atoms with van der Waals surface area (Å²) in [7, 11) is 1.32. The highest BCUT2D eigenvalue weighted by molar-refractivity contribution is 5.88. The topological polar surface area (TPSA) is 65.0 Å². The van der Waals surface area contributed by atoms with Crippen LogP contribution >= 0.6 is 0 Å². The van der Waals surface area contributed by atoms with Gasteiger partial charge in [-0.3, -0.25) is 4.79 Å². The molecule has 1 aromatic rings. The van der Waals surface area contributed by atoms with E-state index in [9.17, 15) is 14.3 Å². The van der Waals surface area contributed by atoms with Gasteiger partial charge in [-0.1, -0.05) is 0 Å². The summed E-state index contributed by atoms with van der Waals surface area (Å²) < 4.78 is 30.3. The number of aliphatic carboxylic acids is 1. The summed E-state index contributed by atoms with van der Waals surface area (Å²) in [5.41, 5.74) is -0.852. The number of benzene rings is 1. The molecule has 3 rings (SSSR count). The zero-order chi connectivity index (χ0) is 14.3. The molecule has 1 N–H and O–H groups in total. The summed E-state index contributed by atoms with van der Waals surface area (Å²) in [4.78, 5) is 11.6. The fraction of sp³-hybridized carbons (Fsp3) is 0.500. The Balaban J connectivity index is 2.24. The number of fused-ring (bicyclic) bond motifs is 1. The van der Waals surface area contributed by atoms with Crippen molar-refractivity contribution < 1.29 is 28.5 Å².